The molecule has 212 valence electrons. The van der Waals surface area contributed by atoms with Gasteiger partial charge in [-0.05, 0) is 50.6 Å². The third-order valence-corrected chi connectivity index (χ3v) is 6.91. The predicted molar refractivity (Wildman–Crippen MR) is 151 cm³/mol. The maximum absolute atomic E-state index is 13.8. The second-order valence-electron chi connectivity index (χ2n) is 10.2. The third kappa shape index (κ3) is 7.11. The minimum Gasteiger partial charge on any atom is -0.475 e. The highest BCUT2D eigenvalue weighted by Gasteiger charge is 2.28. The molecule has 2 aromatic carbocycles. The average molecular weight is 590 g/mol. The summed E-state index contributed by atoms with van der Waals surface area (Å²) in [7, 11) is 0. The fourth-order valence-electron chi connectivity index (χ4n) is 4.06. The Morgan fingerprint density at radius 1 is 1.02 bits per heavy atom. The number of nitrogens with two attached hydrogens (primary N) is 1. The third-order valence-electron chi connectivity index (χ3n) is 6.14. The Kier molecular flexibility index (Phi) is 9.00. The van der Waals surface area contributed by atoms with E-state index in [0.29, 0.717) is 53.6 Å². The normalized spacial score (nSPS) is 13.8. The molecule has 2 amide bonds. The Balaban J connectivity index is 1.36. The number of ether oxygens (including phenoxy) is 2. The van der Waals surface area contributed by atoms with Crippen molar-refractivity contribution in [2.24, 2.45) is 0 Å². The molecule has 1 aliphatic rings. The zero-order valence-corrected chi connectivity index (χ0v) is 23.9. The van der Waals surface area contributed by atoms with Gasteiger partial charge < -0.3 is 25.0 Å². The van der Waals surface area contributed by atoms with E-state index in [9.17, 15) is 14.0 Å². The summed E-state index contributed by atoms with van der Waals surface area (Å²) in [5.74, 6) is -0.480. The number of carbonyl (C=O) groups is 2. The van der Waals surface area contributed by atoms with Crippen LogP contribution in [0.4, 0.5) is 15.0 Å². The van der Waals surface area contributed by atoms with Gasteiger partial charge in [0.25, 0.3) is 11.8 Å². The molecule has 4 rings (SSSR count). The Morgan fingerprint density at radius 2 is 1.68 bits per heavy atom. The van der Waals surface area contributed by atoms with Crippen LogP contribution in [-0.2, 0) is 11.2 Å². The van der Waals surface area contributed by atoms with Crippen LogP contribution < -0.4 is 10.5 Å². The summed E-state index contributed by atoms with van der Waals surface area (Å²) in [6.07, 6.45) is 1.37. The van der Waals surface area contributed by atoms with E-state index in [4.69, 9.17) is 38.4 Å². The number of rotatable bonds is 6. The monoisotopic (exact) mass is 589 g/mol. The van der Waals surface area contributed by atoms with Crippen LogP contribution in [0.3, 0.4) is 0 Å². The van der Waals surface area contributed by atoms with Gasteiger partial charge in [0, 0.05) is 48.7 Å². The molecule has 0 atom stereocenters. The topological polar surface area (TPSA) is 111 Å². The number of piperazine rings is 1. The molecule has 0 saturated carbocycles. The molecular formula is C28H30Cl2FN5O4. The molecule has 0 unspecified atom stereocenters. The minimum absolute atomic E-state index is 0.0523. The Morgan fingerprint density at radius 3 is 2.33 bits per heavy atom. The molecule has 2 N–H and O–H groups in total. The van der Waals surface area contributed by atoms with Crippen LogP contribution in [0.2, 0.25) is 10.0 Å². The van der Waals surface area contributed by atoms with Crippen molar-refractivity contribution in [1.29, 1.82) is 0 Å². The van der Waals surface area contributed by atoms with E-state index in [2.05, 4.69) is 9.97 Å². The van der Waals surface area contributed by atoms with Crippen LogP contribution in [0.15, 0.2) is 42.6 Å². The lowest BCUT2D eigenvalue weighted by Crippen LogP contribution is -2.51. The van der Waals surface area contributed by atoms with Crippen LogP contribution in [0.1, 0.15) is 36.7 Å². The standard InChI is InChI=1S/C28H30Cl2FN5O4/c1-28(2,3)40-27(38)36-13-11-35(12-14-36)26(37)18-6-4-17(5-7-18)22-16-33-24(32)25(34-22)39-15-10-19-20(29)8-9-21(31)23(19)30/h4-9,16H,10-15H2,1-3H3,(H2,32,33). The molecule has 1 aliphatic heterocycles. The van der Waals surface area contributed by atoms with Crippen molar-refractivity contribution in [1.82, 2.24) is 19.8 Å². The number of nitrogen functional groups attached to an aromatic ring is 1. The van der Waals surface area contributed by atoms with E-state index < -0.39 is 11.4 Å². The number of hydrogen-bond acceptors (Lipinski definition) is 7. The largest absolute Gasteiger partial charge is 0.475 e. The molecule has 1 saturated heterocycles. The lowest BCUT2D eigenvalue weighted by Gasteiger charge is -2.35. The van der Waals surface area contributed by atoms with Crippen LogP contribution in [-0.4, -0.2) is 70.2 Å². The maximum atomic E-state index is 13.8. The van der Waals surface area contributed by atoms with Crippen molar-refractivity contribution in [3.8, 4) is 17.1 Å². The first kappa shape index (κ1) is 29.4. The number of nitrogens with zero attached hydrogens (tertiary/aromatic N) is 4. The number of aromatic nitrogens is 2. The predicted octanol–water partition coefficient (Wildman–Crippen LogP) is 5.49. The quantitative estimate of drug-likeness (QED) is 0.378. The van der Waals surface area contributed by atoms with Crippen molar-refractivity contribution >= 4 is 41.0 Å². The van der Waals surface area contributed by atoms with Crippen LogP contribution in [0, 0.1) is 5.82 Å². The van der Waals surface area contributed by atoms with Gasteiger partial charge in [-0.15, -0.1) is 0 Å². The molecule has 0 radical (unpaired) electrons. The number of benzene rings is 2. The van der Waals surface area contributed by atoms with Crippen molar-refractivity contribution in [2.75, 3.05) is 38.5 Å². The van der Waals surface area contributed by atoms with Gasteiger partial charge in [0.05, 0.1) is 23.5 Å². The SMILES string of the molecule is CC(C)(C)OC(=O)N1CCN(C(=O)c2ccc(-c3cnc(N)c(OCCc4c(Cl)ccc(F)c4Cl)n3)cc2)CC1. The summed E-state index contributed by atoms with van der Waals surface area (Å²) in [4.78, 5) is 37.3. The van der Waals surface area contributed by atoms with Crippen molar-refractivity contribution in [2.45, 2.75) is 32.8 Å². The van der Waals surface area contributed by atoms with Crippen LogP contribution in [0.25, 0.3) is 11.3 Å². The number of hydrogen-bond donors (Lipinski definition) is 1. The summed E-state index contributed by atoms with van der Waals surface area (Å²) < 4.78 is 24.9. The van der Waals surface area contributed by atoms with E-state index in [0.717, 1.165) is 0 Å². The second kappa shape index (κ2) is 12.3. The van der Waals surface area contributed by atoms with E-state index in [1.165, 1.54) is 18.3 Å². The van der Waals surface area contributed by atoms with Gasteiger partial charge in [-0.2, -0.15) is 0 Å². The number of anilines is 1. The number of carbonyl (C=O) groups excluding carboxylic acids is 2. The smallest absolute Gasteiger partial charge is 0.410 e. The molecule has 0 bridgehead atoms. The highest BCUT2D eigenvalue weighted by atomic mass is 35.5. The summed E-state index contributed by atoms with van der Waals surface area (Å²) in [6, 6.07) is 9.59. The average Bonchev–Trinajstić information content (AvgIpc) is 2.92. The van der Waals surface area contributed by atoms with E-state index in [1.807, 2.05) is 20.8 Å². The Labute approximate surface area is 242 Å². The first-order chi connectivity index (χ1) is 18.9. The van der Waals surface area contributed by atoms with Gasteiger partial charge in [-0.1, -0.05) is 35.3 Å². The van der Waals surface area contributed by atoms with E-state index in [-0.39, 0.29) is 41.7 Å². The summed E-state index contributed by atoms with van der Waals surface area (Å²) in [5, 5.41) is 0.283. The van der Waals surface area contributed by atoms with Crippen molar-refractivity contribution < 1.29 is 23.5 Å². The van der Waals surface area contributed by atoms with Gasteiger partial charge in [-0.25, -0.2) is 19.2 Å². The summed E-state index contributed by atoms with van der Waals surface area (Å²) >= 11 is 12.2. The zero-order chi connectivity index (χ0) is 29.0. The summed E-state index contributed by atoms with van der Waals surface area (Å²) in [5.41, 5.74) is 7.52. The van der Waals surface area contributed by atoms with E-state index >= 15 is 0 Å². The Hall–Kier alpha value is -3.63. The van der Waals surface area contributed by atoms with Gasteiger partial charge in [0.15, 0.2) is 5.82 Å². The molecule has 1 aromatic heterocycles. The molecule has 3 aromatic rings. The highest BCUT2D eigenvalue weighted by Crippen LogP contribution is 2.29. The molecule has 1 fully saturated rings. The van der Waals surface area contributed by atoms with Gasteiger partial charge in [0.2, 0.25) is 0 Å². The van der Waals surface area contributed by atoms with Crippen LogP contribution >= 0.6 is 23.2 Å². The fourth-order valence-corrected chi connectivity index (χ4v) is 4.62. The molecule has 40 heavy (non-hydrogen) atoms. The molecule has 9 nitrogen and oxygen atoms in total. The van der Waals surface area contributed by atoms with Gasteiger partial charge >= 0.3 is 6.09 Å². The van der Waals surface area contributed by atoms with Crippen LogP contribution in [0.5, 0.6) is 5.88 Å². The van der Waals surface area contributed by atoms with Crippen molar-refractivity contribution in [3.05, 3.63) is 69.6 Å². The summed E-state index contributed by atoms with van der Waals surface area (Å²) in [6.45, 7) is 7.19. The maximum Gasteiger partial charge on any atom is 0.410 e. The van der Waals surface area contributed by atoms with Gasteiger partial charge in [-0.3, -0.25) is 4.79 Å². The number of amides is 2. The van der Waals surface area contributed by atoms with Gasteiger partial charge in [0.1, 0.15) is 11.4 Å². The first-order valence-corrected chi connectivity index (χ1v) is 13.4. The van der Waals surface area contributed by atoms with Crippen molar-refractivity contribution in [3.63, 3.8) is 0 Å². The lowest BCUT2D eigenvalue weighted by atomic mass is 10.1. The molecule has 2 heterocycles. The molecule has 0 spiro atoms. The first-order valence-electron chi connectivity index (χ1n) is 12.7. The second-order valence-corrected chi connectivity index (χ2v) is 11.0. The molecule has 12 heteroatoms. The number of halogens is 3. The highest BCUT2D eigenvalue weighted by molar-refractivity contribution is 6.36. The Bertz CT molecular complexity index is 1390. The minimum atomic E-state index is -0.570. The molecule has 0 aliphatic carbocycles. The fraction of sp³-hybridized carbons (Fsp3) is 0.357. The zero-order valence-electron chi connectivity index (χ0n) is 22.4. The lowest BCUT2D eigenvalue weighted by molar-refractivity contribution is 0.0141. The molecular weight excluding hydrogens is 560 g/mol. The van der Waals surface area contributed by atoms with E-state index in [1.54, 1.807) is 34.1 Å².